The highest BCUT2D eigenvalue weighted by atomic mass is 35.5. The molecule has 2 aliphatic heterocycles. The summed E-state index contributed by atoms with van der Waals surface area (Å²) in [5.74, 6) is -3.26. The molecular formula is C39H51ClF2N4O8SSi2. The van der Waals surface area contributed by atoms with E-state index in [0.717, 1.165) is 18.2 Å². The van der Waals surface area contributed by atoms with E-state index in [-0.39, 0.29) is 53.6 Å². The van der Waals surface area contributed by atoms with Crippen LogP contribution in [0.4, 0.5) is 8.78 Å². The van der Waals surface area contributed by atoms with E-state index in [4.69, 9.17) is 44.7 Å². The van der Waals surface area contributed by atoms with E-state index < -0.39 is 67.5 Å². The summed E-state index contributed by atoms with van der Waals surface area (Å²) in [7, 11) is -6.66. The predicted octanol–water partition coefficient (Wildman–Crippen LogP) is 8.49. The molecule has 0 bridgehead atoms. The summed E-state index contributed by atoms with van der Waals surface area (Å²) < 4.78 is 86.6. The number of imidazole rings is 1. The smallest absolute Gasteiger partial charge is 0.301 e. The highest BCUT2D eigenvalue weighted by molar-refractivity contribution is 7.93. The molecule has 2 aliphatic rings. The Kier molecular flexibility index (Phi) is 12.7. The first-order valence-corrected chi connectivity index (χ1v) is 27.7. The molecule has 0 radical (unpaired) electrons. The van der Waals surface area contributed by atoms with Crippen molar-refractivity contribution in [3.63, 3.8) is 0 Å². The van der Waals surface area contributed by atoms with Crippen LogP contribution in [0.3, 0.4) is 0 Å². The van der Waals surface area contributed by atoms with Crippen molar-refractivity contribution in [2.45, 2.75) is 107 Å². The molecule has 0 spiro atoms. The van der Waals surface area contributed by atoms with Gasteiger partial charge in [-0.15, -0.1) is 0 Å². The number of nitrogens with zero attached hydrogens (tertiary/aromatic N) is 4. The molecule has 5 atom stereocenters. The number of pyridine rings is 1. The fourth-order valence-electron chi connectivity index (χ4n) is 6.09. The zero-order valence-electron chi connectivity index (χ0n) is 33.8. The molecule has 0 aliphatic carbocycles. The molecule has 4 aromatic rings. The molecule has 18 heteroatoms. The quantitative estimate of drug-likeness (QED) is 0.0898. The Labute approximate surface area is 339 Å². The average molecular weight is 866 g/mol. The van der Waals surface area contributed by atoms with Gasteiger partial charge in [0.2, 0.25) is 5.88 Å². The number of ether oxygens (including phenoxy) is 5. The topological polar surface area (TPSA) is 133 Å². The molecule has 57 heavy (non-hydrogen) atoms. The number of benzene rings is 2. The normalized spacial score (nSPS) is 21.1. The zero-order chi connectivity index (χ0) is 41.5. The first-order valence-electron chi connectivity index (χ1n) is 18.8. The highest BCUT2D eigenvalue weighted by Crippen LogP contribution is 2.41. The Morgan fingerprint density at radius 1 is 1.00 bits per heavy atom. The minimum Gasteiger partial charge on any atom is -0.471 e. The third kappa shape index (κ3) is 9.95. The molecular weight excluding hydrogens is 814 g/mol. The summed E-state index contributed by atoms with van der Waals surface area (Å²) in [5.41, 5.74) is -0.183. The number of hydrogen-bond donors (Lipinski definition) is 0. The Bertz CT molecular complexity index is 2220. The second-order valence-electron chi connectivity index (χ2n) is 17.2. The summed E-state index contributed by atoms with van der Waals surface area (Å²) in [6.07, 6.45) is -0.113. The number of amides is 1. The molecule has 12 nitrogen and oxygen atoms in total. The van der Waals surface area contributed by atoms with E-state index >= 15 is 8.78 Å². The minimum absolute atomic E-state index is 0.0201. The number of aromatic nitrogens is 3. The fraction of sp³-hybridized carbons (Fsp3) is 0.513. The van der Waals surface area contributed by atoms with Gasteiger partial charge >= 0.3 is 6.01 Å². The van der Waals surface area contributed by atoms with Gasteiger partial charge in [0.1, 0.15) is 47.7 Å². The van der Waals surface area contributed by atoms with Gasteiger partial charge < -0.3 is 28.1 Å². The standard InChI is InChI=1S/C39H51ClF2N4O8SSi2/c1-39(2,3)57(8,9)54-32-22-51-33-31(21-50-34(32)33)53-38-43-30-19-27(40)37(44-35(30)46(38)23-49-15-16-56(5,6)7)52-20-26-28(41)17-24(18-29(26)42)36(47)45-55(4,48)25-13-11-10-12-14-25/h10-14,17-19,31-34H,15-16,20-23H2,1-9H3/t31-,32-,33-,34-,55?/m1/s1. The van der Waals surface area contributed by atoms with Gasteiger partial charge in [0.15, 0.2) is 20.1 Å². The van der Waals surface area contributed by atoms with Crippen molar-refractivity contribution in [2.75, 3.05) is 26.1 Å². The lowest BCUT2D eigenvalue weighted by molar-refractivity contribution is 0.00686. The van der Waals surface area contributed by atoms with Crippen LogP contribution in [0, 0.1) is 11.6 Å². The van der Waals surface area contributed by atoms with Crippen molar-refractivity contribution in [3.8, 4) is 11.9 Å². The van der Waals surface area contributed by atoms with Crippen LogP contribution in [-0.2, 0) is 41.7 Å². The van der Waals surface area contributed by atoms with E-state index in [1.54, 1.807) is 34.9 Å². The Morgan fingerprint density at radius 3 is 2.26 bits per heavy atom. The minimum atomic E-state index is -3.16. The fourth-order valence-corrected chi connectivity index (χ4v) is 9.55. The van der Waals surface area contributed by atoms with Gasteiger partial charge in [-0.1, -0.05) is 70.2 Å². The molecule has 1 unspecified atom stereocenters. The second-order valence-corrected chi connectivity index (χ2v) is 30.2. The highest BCUT2D eigenvalue weighted by Gasteiger charge is 2.52. The van der Waals surface area contributed by atoms with Crippen LogP contribution in [0.15, 0.2) is 57.8 Å². The van der Waals surface area contributed by atoms with Gasteiger partial charge in [0.25, 0.3) is 5.91 Å². The maximum Gasteiger partial charge on any atom is 0.301 e. The number of carbonyl (C=O) groups is 1. The van der Waals surface area contributed by atoms with Crippen LogP contribution in [0.25, 0.3) is 11.2 Å². The van der Waals surface area contributed by atoms with Gasteiger partial charge in [0.05, 0.1) is 34.6 Å². The number of hydrogen-bond acceptors (Lipinski definition) is 10. The molecule has 2 aromatic carbocycles. The Balaban J connectivity index is 1.22. The Hall–Kier alpha value is -3.30. The van der Waals surface area contributed by atoms with Crippen LogP contribution in [0.5, 0.6) is 11.9 Å². The summed E-state index contributed by atoms with van der Waals surface area (Å²) in [6.45, 7) is 18.3. The number of halogens is 3. The molecule has 6 rings (SSSR count). The predicted molar refractivity (Wildman–Crippen MR) is 219 cm³/mol. The van der Waals surface area contributed by atoms with Crippen LogP contribution in [0.2, 0.25) is 48.8 Å². The van der Waals surface area contributed by atoms with Crippen LogP contribution in [-0.4, -0.2) is 91.5 Å². The van der Waals surface area contributed by atoms with E-state index in [1.165, 1.54) is 12.3 Å². The summed E-state index contributed by atoms with van der Waals surface area (Å²) in [6, 6.07) is 12.5. The molecule has 2 aromatic heterocycles. The monoisotopic (exact) mass is 864 g/mol. The van der Waals surface area contributed by atoms with Crippen LogP contribution >= 0.6 is 11.6 Å². The largest absolute Gasteiger partial charge is 0.471 e. The van der Waals surface area contributed by atoms with Gasteiger partial charge in [-0.2, -0.15) is 14.3 Å². The van der Waals surface area contributed by atoms with Gasteiger partial charge in [-0.25, -0.2) is 13.0 Å². The second kappa shape index (κ2) is 16.8. The van der Waals surface area contributed by atoms with Crippen LogP contribution < -0.4 is 9.47 Å². The van der Waals surface area contributed by atoms with E-state index in [9.17, 15) is 9.00 Å². The average Bonchev–Trinajstić information content (AvgIpc) is 3.80. The van der Waals surface area contributed by atoms with Crippen molar-refractivity contribution in [1.29, 1.82) is 0 Å². The first kappa shape index (κ1) is 43.3. The van der Waals surface area contributed by atoms with E-state index in [2.05, 4.69) is 62.9 Å². The number of fused-ring (bicyclic) bond motifs is 2. The van der Waals surface area contributed by atoms with E-state index in [1.807, 2.05) is 0 Å². The first-order chi connectivity index (χ1) is 26.6. The van der Waals surface area contributed by atoms with Gasteiger partial charge in [-0.05, 0) is 54.5 Å². The third-order valence-corrected chi connectivity index (χ3v) is 18.6. The van der Waals surface area contributed by atoms with Crippen molar-refractivity contribution in [1.82, 2.24) is 14.5 Å². The van der Waals surface area contributed by atoms with Crippen LogP contribution in [0.1, 0.15) is 36.7 Å². The molecule has 310 valence electrons. The van der Waals surface area contributed by atoms with Gasteiger partial charge in [-0.3, -0.25) is 9.36 Å². The lowest BCUT2D eigenvalue weighted by Crippen LogP contribution is -2.47. The molecule has 0 N–H and O–H groups in total. The Morgan fingerprint density at radius 2 is 1.63 bits per heavy atom. The lowest BCUT2D eigenvalue weighted by atomic mass is 10.1. The maximum absolute atomic E-state index is 15.3. The lowest BCUT2D eigenvalue weighted by Gasteiger charge is -2.39. The molecule has 2 fully saturated rings. The van der Waals surface area contributed by atoms with Gasteiger partial charge in [0, 0.05) is 31.4 Å². The number of rotatable bonds is 14. The van der Waals surface area contributed by atoms with Crippen molar-refractivity contribution in [3.05, 3.63) is 76.3 Å². The summed E-state index contributed by atoms with van der Waals surface area (Å²) in [4.78, 5) is 22.5. The van der Waals surface area contributed by atoms with E-state index in [0.29, 0.717) is 29.3 Å². The molecule has 1 amide bonds. The molecule has 4 heterocycles. The summed E-state index contributed by atoms with van der Waals surface area (Å²) >= 11 is 6.58. The third-order valence-electron chi connectivity index (χ3n) is 10.5. The SMILES string of the molecule is CC(C)(C)[Si](C)(C)O[C@@H]1CO[C@H]2[C@@H]1OC[C@H]2Oc1nc2cc(Cl)c(OCc3c(F)cc(C(=O)N=S(C)(=O)c4ccccc4)cc3F)nc2n1COCC[Si](C)(C)C. The van der Waals surface area contributed by atoms with Crippen molar-refractivity contribution < 1.29 is 45.9 Å². The van der Waals surface area contributed by atoms with Crippen molar-refractivity contribution >= 4 is 54.8 Å². The van der Waals surface area contributed by atoms with Crippen molar-refractivity contribution in [2.24, 2.45) is 4.36 Å². The zero-order valence-corrected chi connectivity index (χ0v) is 37.3. The maximum atomic E-state index is 15.3. The summed E-state index contributed by atoms with van der Waals surface area (Å²) in [5, 5.41) is 0.0594. The number of carbonyl (C=O) groups excluding carboxylic acids is 1. The molecule has 0 saturated carbocycles. The molecule has 2 saturated heterocycles.